The first-order valence-electron chi connectivity index (χ1n) is 41.7. The lowest BCUT2D eigenvalue weighted by Gasteiger charge is -2.49. The van der Waals surface area contributed by atoms with Crippen molar-refractivity contribution in [2.45, 2.75) is 116 Å². The zero-order valence-electron chi connectivity index (χ0n) is 66.3. The Labute approximate surface area is 700 Å². The number of amides is 10. The van der Waals surface area contributed by atoms with Crippen LogP contribution in [-0.4, -0.2) is 188 Å². The van der Waals surface area contributed by atoms with Gasteiger partial charge in [-0.1, -0.05) is 232 Å². The number of hydrogen-bond acceptors (Lipinski definition) is 10. The number of nitrogens with zero attached hydrogens (tertiary/aromatic N) is 10. The summed E-state index contributed by atoms with van der Waals surface area (Å²) in [6, 6.07) is 73.1. The monoisotopic (exact) mass is 1620 g/mol. The summed E-state index contributed by atoms with van der Waals surface area (Å²) in [5, 5.41) is 33.4. The van der Waals surface area contributed by atoms with E-state index >= 15 is 19.2 Å². The molecular formula is C97H92N10O12S. The van der Waals surface area contributed by atoms with Crippen LogP contribution in [0.1, 0.15) is 96.6 Å². The van der Waals surface area contributed by atoms with Crippen LogP contribution in [0.5, 0.6) is 0 Å². The molecule has 5 fully saturated rings. The molecule has 3 N–H and O–H groups in total. The van der Waals surface area contributed by atoms with Gasteiger partial charge >= 0.3 is 42.0 Å². The number of rotatable bonds is 13. The summed E-state index contributed by atoms with van der Waals surface area (Å²) in [6.45, 7) is -0.693. The predicted molar refractivity (Wildman–Crippen MR) is 459 cm³/mol. The minimum Gasteiger partial charge on any atom is -0.480 e. The molecule has 0 aromatic heterocycles. The molecule has 23 heteroatoms. The fourth-order valence-electron chi connectivity index (χ4n) is 20.1. The number of carbonyl (C=O) groups is 9. The zero-order chi connectivity index (χ0) is 82.4. The normalized spacial score (nSPS) is 20.9. The number of carboxylic acid groups (broad SMARTS) is 3. The lowest BCUT2D eigenvalue weighted by Crippen LogP contribution is -2.65. The van der Waals surface area contributed by atoms with Crippen molar-refractivity contribution in [1.29, 1.82) is 0 Å². The second-order valence-corrected chi connectivity index (χ2v) is 33.7. The van der Waals surface area contributed by atoms with E-state index in [1.54, 1.807) is 19.6 Å². The van der Waals surface area contributed by atoms with Gasteiger partial charge in [0.05, 0.1) is 54.2 Å². The Balaban J connectivity index is 0.603. The van der Waals surface area contributed by atoms with Crippen molar-refractivity contribution in [2.75, 3.05) is 78.5 Å². The van der Waals surface area contributed by atoms with Gasteiger partial charge in [0.25, 0.3) is 0 Å². The van der Waals surface area contributed by atoms with Crippen molar-refractivity contribution in [2.24, 2.45) is 11.8 Å². The molecule has 6 aliphatic heterocycles. The van der Waals surface area contributed by atoms with Crippen molar-refractivity contribution in [3.63, 3.8) is 0 Å². The first kappa shape index (κ1) is 78.2. The highest BCUT2D eigenvalue weighted by molar-refractivity contribution is 7.99. The predicted octanol–water partition coefficient (Wildman–Crippen LogP) is 16.7. The van der Waals surface area contributed by atoms with E-state index in [-0.39, 0.29) is 94.6 Å². The molecule has 2 aliphatic carbocycles. The molecule has 18 rings (SSSR count). The summed E-state index contributed by atoms with van der Waals surface area (Å²) in [5.41, 5.74) is 11.6. The highest BCUT2D eigenvalue weighted by atomic mass is 32.2. The minimum absolute atomic E-state index is 0.00161. The maximum absolute atomic E-state index is 16.0. The average Bonchev–Trinajstić information content (AvgIpc) is 0.748. The number of aliphatic carboxylic acids is 3. The molecule has 6 heterocycles. The van der Waals surface area contributed by atoms with Crippen LogP contribution in [0.4, 0.5) is 53.3 Å². The van der Waals surface area contributed by atoms with E-state index in [4.69, 9.17) is 0 Å². The lowest BCUT2D eigenvalue weighted by atomic mass is 9.75. The maximum atomic E-state index is 16.0. The Morgan fingerprint density at radius 3 is 1.19 bits per heavy atom. The van der Waals surface area contributed by atoms with Crippen LogP contribution in [0, 0.1) is 11.8 Å². The van der Waals surface area contributed by atoms with Gasteiger partial charge in [-0.25, -0.2) is 33.6 Å². The van der Waals surface area contributed by atoms with Crippen molar-refractivity contribution >= 4 is 99.7 Å². The van der Waals surface area contributed by atoms with E-state index in [9.17, 15) is 39.3 Å². The fourth-order valence-corrected chi connectivity index (χ4v) is 21.1. The molecule has 8 atom stereocenters. The first-order valence-corrected chi connectivity index (χ1v) is 42.5. The third-order valence-corrected chi connectivity index (χ3v) is 27.0. The Kier molecular flexibility index (Phi) is 21.8. The third kappa shape index (κ3) is 14.7. The van der Waals surface area contributed by atoms with Gasteiger partial charge in [0.1, 0.15) is 18.1 Å². The second-order valence-electron chi connectivity index (χ2n) is 32.6. The second kappa shape index (κ2) is 33.4. The molecule has 2 saturated carbocycles. The standard InChI is InChI=1S/C97H92N10O12S/c108-89(87(62-25-5-1-6-26-62)63-27-7-2-8-28-63)98-49-52-101(82(59-98)91(110)111)95(117)106-77-42-16-14-32-68(77)58-75-73(40-24-46-79(75)106)66-34-22-38-71(56-66)104(70-36-11-4-12-37-70)94(116)100-51-54-103(84(61-100)93(114)115)96(118)105-76-41-15-13-31-67(76)57-74-72(39-23-45-78(74)105)65-33-21-35-69(55-65)88(64-29-9-3-10-30-64)90(109)99-50-53-102(83(60-99)92(112)113)97(119)107-80-43-17-19-47-85(80)120-86-48-20-18-44-81(86)107/h1-12,17-30,33-40,43-48,55-56,67-68,76-77,82-84,87-88H,13-16,31-32,41-42,49-54,57-61H2,(H,110,111)(H,112,113)(H,114,115)/t67?,68?,76?,77?,82-,83-,84-,88?/m0/s1. The number of urea groups is 4. The quantitative estimate of drug-likeness (QED) is 0.0973. The molecule has 608 valence electrons. The lowest BCUT2D eigenvalue weighted by molar-refractivity contribution is -0.148. The summed E-state index contributed by atoms with van der Waals surface area (Å²) in [5.74, 6) is -5.76. The highest BCUT2D eigenvalue weighted by Crippen LogP contribution is 2.51. The van der Waals surface area contributed by atoms with Gasteiger partial charge in [-0.05, 0) is 167 Å². The van der Waals surface area contributed by atoms with Crippen molar-refractivity contribution in [3.05, 3.63) is 288 Å². The topological polar surface area (TPSA) is 247 Å². The number of para-hydroxylation sites is 3. The van der Waals surface area contributed by atoms with Crippen molar-refractivity contribution in [1.82, 2.24) is 29.4 Å². The van der Waals surface area contributed by atoms with Gasteiger partial charge in [-0.2, -0.15) is 0 Å². The number of hydrogen-bond donors (Lipinski definition) is 3. The molecule has 3 saturated heterocycles. The van der Waals surface area contributed by atoms with Crippen LogP contribution in [0.25, 0.3) is 22.3 Å². The molecule has 120 heavy (non-hydrogen) atoms. The van der Waals surface area contributed by atoms with E-state index < -0.39 is 72.0 Å². The van der Waals surface area contributed by atoms with Gasteiger partial charge in [-0.3, -0.25) is 29.2 Å². The Morgan fingerprint density at radius 1 is 0.350 bits per heavy atom. The first-order chi connectivity index (χ1) is 58.5. The molecule has 5 unspecified atom stereocenters. The Morgan fingerprint density at radius 2 is 0.717 bits per heavy atom. The Hall–Kier alpha value is -13.0. The van der Waals surface area contributed by atoms with Crippen molar-refractivity contribution in [3.8, 4) is 22.3 Å². The van der Waals surface area contributed by atoms with E-state index in [1.807, 2.05) is 265 Å². The number of carboxylic acids is 3. The average molecular weight is 1620 g/mol. The molecule has 8 aliphatic rings. The summed E-state index contributed by atoms with van der Waals surface area (Å²) in [4.78, 5) is 151. The largest absolute Gasteiger partial charge is 0.480 e. The minimum atomic E-state index is -1.45. The maximum Gasteiger partial charge on any atom is 0.330 e. The van der Waals surface area contributed by atoms with E-state index in [1.165, 1.54) is 31.4 Å². The molecule has 0 radical (unpaired) electrons. The van der Waals surface area contributed by atoms with Gasteiger partial charge in [-0.15, -0.1) is 0 Å². The van der Waals surface area contributed by atoms with Crippen molar-refractivity contribution < 1.29 is 58.5 Å². The molecule has 0 bridgehead atoms. The van der Waals surface area contributed by atoms with E-state index in [0.29, 0.717) is 64.5 Å². The van der Waals surface area contributed by atoms with Crippen LogP contribution < -0.4 is 19.6 Å². The third-order valence-electron chi connectivity index (χ3n) is 25.9. The fraction of sp³-hybridized carbons (Fsp3) is 0.289. The molecule has 10 aromatic carbocycles. The van der Waals surface area contributed by atoms with Gasteiger partial charge in [0, 0.05) is 72.5 Å². The SMILES string of the molecule is O=C(O)[C@@H]1CN(C(=O)C(c2ccccc2)c2cccc(-c3cccc4c3CC3CCCCC3N4C(=O)N3CCN(C(=O)N(c4ccccc4)c4cccc(-c5cccc6c5CC5CCCCC5N6C(=O)N5CCN(C(=O)C(c6ccccc6)c6ccccc6)C[C@H]5C(=O)O)c4)C[C@H]3C(=O)O)c2)CCN1C(=O)N1c2ccccc2Sc2ccccc21. The molecule has 10 aromatic rings. The zero-order valence-corrected chi connectivity index (χ0v) is 67.1. The highest BCUT2D eigenvalue weighted by Gasteiger charge is 2.50. The van der Waals surface area contributed by atoms with Gasteiger partial charge < -0.3 is 44.7 Å². The molecule has 22 nitrogen and oxygen atoms in total. The van der Waals surface area contributed by atoms with Crippen LogP contribution in [0.3, 0.4) is 0 Å². The van der Waals surface area contributed by atoms with Crippen LogP contribution in [0.15, 0.2) is 265 Å². The number of anilines is 6. The van der Waals surface area contributed by atoms with E-state index in [0.717, 1.165) is 99.2 Å². The van der Waals surface area contributed by atoms with Crippen LogP contribution in [0.2, 0.25) is 0 Å². The number of benzene rings is 10. The van der Waals surface area contributed by atoms with Crippen LogP contribution >= 0.6 is 11.8 Å². The summed E-state index contributed by atoms with van der Waals surface area (Å²) >= 11 is 1.54. The number of fused-ring (bicyclic) bond motifs is 6. The molecule has 10 amide bonds. The number of carbonyl (C=O) groups excluding carboxylic acids is 6. The summed E-state index contributed by atoms with van der Waals surface area (Å²) in [7, 11) is 0. The van der Waals surface area contributed by atoms with Gasteiger partial charge in [0.2, 0.25) is 11.8 Å². The number of piperazine rings is 3. The molecular weight excluding hydrogens is 1530 g/mol. The summed E-state index contributed by atoms with van der Waals surface area (Å²) in [6.07, 6.45) is 8.08. The summed E-state index contributed by atoms with van der Waals surface area (Å²) < 4.78 is 0. The molecule has 0 spiro atoms. The smallest absolute Gasteiger partial charge is 0.330 e. The van der Waals surface area contributed by atoms with Gasteiger partial charge in [0.15, 0.2) is 0 Å². The Bertz CT molecular complexity index is 5540. The van der Waals surface area contributed by atoms with Crippen LogP contribution in [-0.2, 0) is 36.8 Å². The van der Waals surface area contributed by atoms with E-state index in [2.05, 4.69) is 0 Å².